The number of methoxy groups -OCH3 is 4. The van der Waals surface area contributed by atoms with Crippen LogP contribution in [-0.2, 0) is 30.3 Å². The molecule has 6 aromatic rings. The average molecular weight is 1090 g/mol. The van der Waals surface area contributed by atoms with E-state index >= 15 is 0 Å². The van der Waals surface area contributed by atoms with Crippen LogP contribution in [0.15, 0.2) is 158 Å². The van der Waals surface area contributed by atoms with Gasteiger partial charge in [-0.1, -0.05) is 199 Å². The molecule has 0 radical (unpaired) electrons. The molecule has 0 bridgehead atoms. The summed E-state index contributed by atoms with van der Waals surface area (Å²) in [6, 6.07) is 53.5. The topological polar surface area (TPSA) is 134 Å². The van der Waals surface area contributed by atoms with Gasteiger partial charge >= 0.3 is 0 Å². The summed E-state index contributed by atoms with van der Waals surface area (Å²) < 4.78 is 35.9. The number of aliphatic hydroxyl groups excluding tert-OH is 1. The Balaban J connectivity index is 0.755. The van der Waals surface area contributed by atoms with Gasteiger partial charge < -0.3 is 44.2 Å². The summed E-state index contributed by atoms with van der Waals surface area (Å²) in [5.41, 5.74) is 4.71. The number of hydrogen-bond donors (Lipinski definition) is 3. The number of hydrogen-bond acceptors (Lipinski definition) is 9. The molecule has 2 amide bonds. The van der Waals surface area contributed by atoms with Crippen molar-refractivity contribution in [3.63, 3.8) is 0 Å². The molecule has 0 atom stereocenters. The lowest BCUT2D eigenvalue weighted by Gasteiger charge is -2.36. The van der Waals surface area contributed by atoms with E-state index in [1.54, 1.807) is 28.4 Å². The highest BCUT2D eigenvalue weighted by Crippen LogP contribution is 2.43. The lowest BCUT2D eigenvalue weighted by atomic mass is 9.80. The summed E-state index contributed by atoms with van der Waals surface area (Å²) in [5.74, 6) is 3.09. The average Bonchev–Trinajstić information content (AvgIpc) is 3.69. The Hall–Kier alpha value is -6.66. The van der Waals surface area contributed by atoms with Gasteiger partial charge in [0, 0.05) is 39.1 Å². The van der Waals surface area contributed by atoms with Crippen molar-refractivity contribution in [2.75, 3.05) is 54.7 Å². The summed E-state index contributed by atoms with van der Waals surface area (Å²) in [7, 11) is 6.72. The normalized spacial score (nSPS) is 11.6. The van der Waals surface area contributed by atoms with Crippen molar-refractivity contribution in [2.24, 2.45) is 0 Å². The fourth-order valence-corrected chi connectivity index (χ4v) is 10.6. The highest BCUT2D eigenvalue weighted by atomic mass is 16.5. The number of carbonyl (C=O) groups is 2. The molecule has 0 aromatic heterocycles. The fourth-order valence-electron chi connectivity index (χ4n) is 10.6. The van der Waals surface area contributed by atoms with E-state index in [1.165, 1.54) is 25.7 Å². The van der Waals surface area contributed by atoms with Crippen LogP contribution in [0.1, 0.15) is 162 Å². The molecule has 6 aromatic carbocycles. The molecule has 6 rings (SSSR count). The first-order valence-electron chi connectivity index (χ1n) is 29.4. The standard InChI is InChI=1S/C69H90N2O9/c1-75-62-43-35-57(36-44-62)68(55-29-21-19-22-30-55,58-37-45-63(76-2)46-38-58)79-51-27-17-13-9-5-7-11-15-25-33-66(73)70-53-61(72)54-71-67(74)34-26-16-12-8-6-10-14-18-28-52-80-69(56-31-23-20-24-32-56,59-39-47-64(77-3)48-40-59)60-41-49-65(78-4)50-42-60/h19-24,29-32,35-50,61,72H,5-18,25-28,33-34,51-54H2,1-4H3,(H,70,73)(H,71,74). The zero-order chi connectivity index (χ0) is 56.5. The van der Waals surface area contributed by atoms with Crippen molar-refractivity contribution in [3.05, 3.63) is 191 Å². The maximum atomic E-state index is 12.5. The molecule has 80 heavy (non-hydrogen) atoms. The number of amides is 2. The number of unbranched alkanes of at least 4 members (excludes halogenated alkanes) is 16. The Morgan fingerprint density at radius 3 is 0.850 bits per heavy atom. The Labute approximate surface area is 478 Å². The van der Waals surface area contributed by atoms with Crippen LogP contribution in [0.4, 0.5) is 0 Å². The van der Waals surface area contributed by atoms with E-state index in [0.29, 0.717) is 26.1 Å². The Morgan fingerprint density at radius 2 is 0.588 bits per heavy atom. The molecule has 0 aliphatic rings. The third-order valence-corrected chi connectivity index (χ3v) is 15.2. The van der Waals surface area contributed by atoms with E-state index in [0.717, 1.165) is 146 Å². The van der Waals surface area contributed by atoms with E-state index in [4.69, 9.17) is 28.4 Å². The van der Waals surface area contributed by atoms with Gasteiger partial charge in [-0.25, -0.2) is 0 Å². The number of ether oxygens (including phenoxy) is 6. The first-order valence-corrected chi connectivity index (χ1v) is 29.4. The number of rotatable bonds is 40. The van der Waals surface area contributed by atoms with Gasteiger partial charge in [0.1, 0.15) is 34.2 Å². The van der Waals surface area contributed by atoms with Gasteiger partial charge in [0.25, 0.3) is 0 Å². The second kappa shape index (κ2) is 35.2. The number of carbonyl (C=O) groups excluding carboxylic acids is 2. The van der Waals surface area contributed by atoms with Gasteiger partial charge in [-0.2, -0.15) is 0 Å². The fraction of sp³-hybridized carbons (Fsp3) is 0.449. The Kier molecular flexibility index (Phi) is 27.5. The van der Waals surface area contributed by atoms with Crippen LogP contribution < -0.4 is 29.6 Å². The molecule has 0 saturated heterocycles. The van der Waals surface area contributed by atoms with Crippen LogP contribution in [0, 0.1) is 0 Å². The second-order valence-electron chi connectivity index (χ2n) is 20.8. The number of benzene rings is 6. The van der Waals surface area contributed by atoms with Gasteiger partial charge in [-0.3, -0.25) is 9.59 Å². The van der Waals surface area contributed by atoms with Crippen LogP contribution in [0.2, 0.25) is 0 Å². The lowest BCUT2D eigenvalue weighted by molar-refractivity contribution is -0.121. The molecule has 0 heterocycles. The predicted octanol–water partition coefficient (Wildman–Crippen LogP) is 14.4. The highest BCUT2D eigenvalue weighted by Gasteiger charge is 2.39. The third kappa shape index (κ3) is 19.3. The summed E-state index contributed by atoms with van der Waals surface area (Å²) in [4.78, 5) is 25.0. The van der Waals surface area contributed by atoms with Gasteiger partial charge in [0.15, 0.2) is 0 Å². The van der Waals surface area contributed by atoms with Crippen LogP contribution in [0.25, 0.3) is 0 Å². The second-order valence-corrected chi connectivity index (χ2v) is 20.8. The highest BCUT2D eigenvalue weighted by molar-refractivity contribution is 5.76. The van der Waals surface area contributed by atoms with Gasteiger partial charge in [0.2, 0.25) is 11.8 Å². The summed E-state index contributed by atoms with van der Waals surface area (Å²) >= 11 is 0. The molecule has 3 N–H and O–H groups in total. The smallest absolute Gasteiger partial charge is 0.220 e. The number of nitrogens with one attached hydrogen (secondary N) is 2. The molecule has 0 spiro atoms. The van der Waals surface area contributed by atoms with Crippen molar-refractivity contribution < 1.29 is 43.1 Å². The summed E-state index contributed by atoms with van der Waals surface area (Å²) in [6.07, 6.45) is 19.3. The zero-order valence-corrected chi connectivity index (χ0v) is 48.3. The maximum Gasteiger partial charge on any atom is 0.220 e. The third-order valence-electron chi connectivity index (χ3n) is 15.2. The van der Waals surface area contributed by atoms with Crippen LogP contribution in [0.3, 0.4) is 0 Å². The van der Waals surface area contributed by atoms with Crippen LogP contribution >= 0.6 is 0 Å². The molecule has 0 aliphatic carbocycles. The Bertz CT molecular complexity index is 2330. The SMILES string of the molecule is COc1ccc(C(OCCCCCCCCCCCC(=O)NCC(O)CNC(=O)CCCCCCCCCCCOC(c2ccccc2)(c2ccc(OC)cc2)c2ccc(OC)cc2)(c2ccccc2)c2ccc(OC)cc2)cc1. The molecule has 430 valence electrons. The molecule has 11 heteroatoms. The molecule has 11 nitrogen and oxygen atoms in total. The minimum absolute atomic E-state index is 0.0571. The summed E-state index contributed by atoms with van der Waals surface area (Å²) in [6.45, 7) is 1.50. The first kappa shape index (κ1) is 62.5. The van der Waals surface area contributed by atoms with Crippen LogP contribution in [0.5, 0.6) is 23.0 Å². The molecule has 0 saturated carbocycles. The van der Waals surface area contributed by atoms with Crippen molar-refractivity contribution in [1.29, 1.82) is 0 Å². The molecular formula is C69H90N2O9. The molecule has 0 unspecified atom stereocenters. The van der Waals surface area contributed by atoms with E-state index < -0.39 is 17.3 Å². The van der Waals surface area contributed by atoms with E-state index in [9.17, 15) is 14.7 Å². The quantitative estimate of drug-likeness (QED) is 0.0254. The zero-order valence-electron chi connectivity index (χ0n) is 48.3. The van der Waals surface area contributed by atoms with Gasteiger partial charge in [-0.05, 0) is 108 Å². The van der Waals surface area contributed by atoms with Gasteiger partial charge in [0.05, 0.1) is 34.5 Å². The van der Waals surface area contributed by atoms with Crippen molar-refractivity contribution in [2.45, 2.75) is 146 Å². The lowest BCUT2D eigenvalue weighted by Crippen LogP contribution is -2.39. The molecular weight excluding hydrogens is 1000 g/mol. The Morgan fingerprint density at radius 1 is 0.350 bits per heavy atom. The van der Waals surface area contributed by atoms with E-state index in [2.05, 4.69) is 108 Å². The van der Waals surface area contributed by atoms with Crippen molar-refractivity contribution in [1.82, 2.24) is 10.6 Å². The molecule has 0 aliphatic heterocycles. The minimum atomic E-state index is -0.817. The minimum Gasteiger partial charge on any atom is -0.497 e. The van der Waals surface area contributed by atoms with Crippen molar-refractivity contribution >= 4 is 11.8 Å². The summed E-state index contributed by atoms with van der Waals surface area (Å²) in [5, 5.41) is 16.1. The van der Waals surface area contributed by atoms with Crippen molar-refractivity contribution in [3.8, 4) is 23.0 Å². The molecule has 0 fully saturated rings. The largest absolute Gasteiger partial charge is 0.497 e. The first-order chi connectivity index (χ1) is 39.2. The maximum absolute atomic E-state index is 12.5. The van der Waals surface area contributed by atoms with Crippen LogP contribution in [-0.4, -0.2) is 77.8 Å². The van der Waals surface area contributed by atoms with Gasteiger partial charge in [-0.15, -0.1) is 0 Å². The van der Waals surface area contributed by atoms with E-state index in [1.807, 2.05) is 60.7 Å². The predicted molar refractivity (Wildman–Crippen MR) is 321 cm³/mol. The number of aliphatic hydroxyl groups is 1. The van der Waals surface area contributed by atoms with E-state index in [-0.39, 0.29) is 24.9 Å². The monoisotopic (exact) mass is 1090 g/mol.